The summed E-state index contributed by atoms with van der Waals surface area (Å²) in [5.74, 6) is 0.363. The van der Waals surface area contributed by atoms with Crippen molar-refractivity contribution in [2.45, 2.75) is 46.2 Å². The van der Waals surface area contributed by atoms with Crippen molar-refractivity contribution >= 4 is 17.6 Å². The van der Waals surface area contributed by atoms with Crippen LogP contribution in [-0.2, 0) is 11.3 Å². The van der Waals surface area contributed by atoms with E-state index in [1.807, 2.05) is 31.2 Å². The molecule has 32 heavy (non-hydrogen) atoms. The number of piperidine rings is 1. The number of hydrogen-bond acceptors (Lipinski definition) is 6. The highest BCUT2D eigenvalue weighted by atomic mass is 16.5. The predicted octanol–water partition coefficient (Wildman–Crippen LogP) is 3.02. The van der Waals surface area contributed by atoms with Gasteiger partial charge in [-0.1, -0.05) is 32.9 Å². The minimum Gasteiger partial charge on any atom is -0.317 e. The highest BCUT2D eigenvalue weighted by Crippen LogP contribution is 2.29. The molecule has 2 amide bonds. The van der Waals surface area contributed by atoms with Gasteiger partial charge in [0.15, 0.2) is 0 Å². The summed E-state index contributed by atoms with van der Waals surface area (Å²) in [4.78, 5) is 28.7. The van der Waals surface area contributed by atoms with Gasteiger partial charge in [0.25, 0.3) is 5.91 Å². The van der Waals surface area contributed by atoms with Crippen LogP contribution in [0.3, 0.4) is 0 Å². The molecule has 0 unspecified atom stereocenters. The lowest BCUT2D eigenvalue weighted by Gasteiger charge is -2.32. The number of carbonyl (C=O) groups is 2. The molecular weight excluding hydrogens is 406 g/mol. The van der Waals surface area contributed by atoms with Crippen molar-refractivity contribution in [1.29, 1.82) is 0 Å². The molecule has 1 fully saturated rings. The Kier molecular flexibility index (Phi) is 7.95. The van der Waals surface area contributed by atoms with E-state index in [4.69, 9.17) is 5.21 Å². The van der Waals surface area contributed by atoms with Crippen LogP contribution in [0.15, 0.2) is 42.6 Å². The maximum absolute atomic E-state index is 12.8. The molecule has 0 radical (unpaired) electrons. The fraction of sp³-hybridized carbons (Fsp3) is 0.458. The summed E-state index contributed by atoms with van der Waals surface area (Å²) >= 11 is 0. The first-order valence-electron chi connectivity index (χ1n) is 11.1. The Morgan fingerprint density at radius 2 is 1.84 bits per heavy atom. The van der Waals surface area contributed by atoms with E-state index in [1.165, 1.54) is 0 Å². The van der Waals surface area contributed by atoms with E-state index in [2.05, 4.69) is 34.8 Å². The van der Waals surface area contributed by atoms with Crippen molar-refractivity contribution in [3.8, 4) is 0 Å². The zero-order chi connectivity index (χ0) is 23.1. The van der Waals surface area contributed by atoms with Gasteiger partial charge in [-0.15, -0.1) is 0 Å². The molecule has 1 aromatic heterocycles. The molecule has 0 bridgehead atoms. The van der Waals surface area contributed by atoms with Gasteiger partial charge in [-0.25, -0.2) is 10.5 Å². The van der Waals surface area contributed by atoms with Crippen LogP contribution < -0.4 is 21.4 Å². The summed E-state index contributed by atoms with van der Waals surface area (Å²) in [6, 6.07) is 11.1. The molecule has 0 aliphatic carbocycles. The van der Waals surface area contributed by atoms with Crippen molar-refractivity contribution in [3.05, 3.63) is 59.3 Å². The predicted molar refractivity (Wildman–Crippen MR) is 123 cm³/mol. The molecule has 2 heterocycles. The van der Waals surface area contributed by atoms with Gasteiger partial charge in [-0.05, 0) is 67.2 Å². The first kappa shape index (κ1) is 23.8. The monoisotopic (exact) mass is 439 g/mol. The largest absolute Gasteiger partial charge is 0.317 e. The molecule has 2 aromatic rings. The average Bonchev–Trinajstić information content (AvgIpc) is 2.79. The molecule has 1 atom stereocenters. The van der Waals surface area contributed by atoms with Crippen LogP contribution in [0, 0.1) is 11.3 Å². The summed E-state index contributed by atoms with van der Waals surface area (Å²) in [5.41, 5.74) is 3.75. The van der Waals surface area contributed by atoms with Crippen LogP contribution in [0.25, 0.3) is 0 Å². The van der Waals surface area contributed by atoms with Crippen LogP contribution in [0.5, 0.6) is 0 Å². The number of hydrogen-bond donors (Lipinski definition) is 5. The number of pyridine rings is 1. The van der Waals surface area contributed by atoms with Gasteiger partial charge in [-0.2, -0.15) is 0 Å². The number of carbonyl (C=O) groups excluding carboxylic acids is 2. The quantitative estimate of drug-likeness (QED) is 0.319. The van der Waals surface area contributed by atoms with E-state index in [0.717, 1.165) is 37.1 Å². The summed E-state index contributed by atoms with van der Waals surface area (Å²) in [7, 11) is 0. The average molecular weight is 440 g/mol. The van der Waals surface area contributed by atoms with Crippen LogP contribution >= 0.6 is 0 Å². The van der Waals surface area contributed by atoms with Crippen molar-refractivity contribution in [2.75, 3.05) is 18.4 Å². The third-order valence-electron chi connectivity index (χ3n) is 6.15. The maximum Gasteiger partial charge on any atom is 0.274 e. The molecule has 0 saturated carbocycles. The third kappa shape index (κ3) is 5.91. The zero-order valence-corrected chi connectivity index (χ0v) is 18.9. The van der Waals surface area contributed by atoms with E-state index in [9.17, 15) is 9.59 Å². The number of aromatic nitrogens is 1. The summed E-state index contributed by atoms with van der Waals surface area (Å²) in [6.45, 7) is 8.58. The summed E-state index contributed by atoms with van der Waals surface area (Å²) in [5, 5.41) is 18.6. The SMILES string of the molecule is CC(C)[C@@H](NCc1ccnc(NC(=O)C2(C)CCNCC2)c1)c1ccc(C(=O)NO)cc1. The third-order valence-corrected chi connectivity index (χ3v) is 6.15. The second-order valence-corrected chi connectivity index (χ2v) is 8.98. The van der Waals surface area contributed by atoms with Gasteiger partial charge in [-0.3, -0.25) is 14.8 Å². The van der Waals surface area contributed by atoms with Crippen molar-refractivity contribution < 1.29 is 14.8 Å². The first-order valence-corrected chi connectivity index (χ1v) is 11.1. The minimum absolute atomic E-state index is 0.0173. The fourth-order valence-electron chi connectivity index (χ4n) is 4.00. The highest BCUT2D eigenvalue weighted by Gasteiger charge is 2.34. The fourth-order valence-corrected chi connectivity index (χ4v) is 4.00. The van der Waals surface area contributed by atoms with E-state index in [0.29, 0.717) is 23.8 Å². The second-order valence-electron chi connectivity index (χ2n) is 8.98. The van der Waals surface area contributed by atoms with Gasteiger partial charge in [0.2, 0.25) is 5.91 Å². The molecular formula is C24H33N5O3. The van der Waals surface area contributed by atoms with Crippen molar-refractivity contribution in [2.24, 2.45) is 11.3 Å². The normalized spacial score (nSPS) is 16.4. The molecule has 1 aromatic carbocycles. The lowest BCUT2D eigenvalue weighted by atomic mass is 9.80. The molecule has 1 aliphatic heterocycles. The molecule has 8 heteroatoms. The number of benzene rings is 1. The Bertz CT molecular complexity index is 923. The van der Waals surface area contributed by atoms with Gasteiger partial charge in [0.1, 0.15) is 5.82 Å². The molecule has 8 nitrogen and oxygen atoms in total. The standard InChI is InChI=1S/C24H33N5O3/c1-16(2)21(18-4-6-19(7-5-18)22(30)29-32)27-15-17-8-11-26-20(14-17)28-23(31)24(3)9-12-25-13-10-24/h4-8,11,14,16,21,25,27,32H,9-10,12-13,15H2,1-3H3,(H,29,30)(H,26,28,31)/t21-/m1/s1. The maximum atomic E-state index is 12.8. The number of anilines is 1. The van der Waals surface area contributed by atoms with Crippen molar-refractivity contribution in [1.82, 2.24) is 21.1 Å². The second kappa shape index (κ2) is 10.7. The zero-order valence-electron chi connectivity index (χ0n) is 18.9. The van der Waals surface area contributed by atoms with Crippen LogP contribution in [0.2, 0.25) is 0 Å². The molecule has 1 saturated heterocycles. The highest BCUT2D eigenvalue weighted by molar-refractivity contribution is 5.94. The van der Waals surface area contributed by atoms with Crippen molar-refractivity contribution in [3.63, 3.8) is 0 Å². The molecule has 3 rings (SSSR count). The number of nitrogens with zero attached hydrogens (tertiary/aromatic N) is 1. The minimum atomic E-state index is -0.532. The van der Waals surface area contributed by atoms with E-state index in [1.54, 1.807) is 23.8 Å². The van der Waals surface area contributed by atoms with E-state index >= 15 is 0 Å². The summed E-state index contributed by atoms with van der Waals surface area (Å²) in [6.07, 6.45) is 3.34. The Balaban J connectivity index is 1.64. The molecule has 5 N–H and O–H groups in total. The Morgan fingerprint density at radius 3 is 2.47 bits per heavy atom. The Labute approximate surface area is 189 Å². The molecule has 0 spiro atoms. The number of amides is 2. The smallest absolute Gasteiger partial charge is 0.274 e. The topological polar surface area (TPSA) is 115 Å². The lowest BCUT2D eigenvalue weighted by Crippen LogP contribution is -2.43. The van der Waals surface area contributed by atoms with Crippen LogP contribution in [-0.4, -0.2) is 35.1 Å². The first-order chi connectivity index (χ1) is 15.3. The Morgan fingerprint density at radius 1 is 1.16 bits per heavy atom. The number of rotatable bonds is 8. The lowest BCUT2D eigenvalue weighted by molar-refractivity contribution is -0.126. The van der Waals surface area contributed by atoms with Gasteiger partial charge >= 0.3 is 0 Å². The van der Waals surface area contributed by atoms with E-state index in [-0.39, 0.29) is 17.4 Å². The van der Waals surface area contributed by atoms with Crippen LogP contribution in [0.4, 0.5) is 5.82 Å². The van der Waals surface area contributed by atoms with Gasteiger partial charge < -0.3 is 16.0 Å². The van der Waals surface area contributed by atoms with Crippen LogP contribution in [0.1, 0.15) is 61.1 Å². The van der Waals surface area contributed by atoms with Gasteiger partial charge in [0.05, 0.1) is 0 Å². The molecule has 172 valence electrons. The number of hydroxylamine groups is 1. The molecule has 1 aliphatic rings. The van der Waals surface area contributed by atoms with Gasteiger partial charge in [0, 0.05) is 29.8 Å². The summed E-state index contributed by atoms with van der Waals surface area (Å²) < 4.78 is 0. The number of nitrogens with one attached hydrogen (secondary N) is 4. The van der Waals surface area contributed by atoms with E-state index < -0.39 is 5.91 Å². The Hall–Kier alpha value is -2.81.